The summed E-state index contributed by atoms with van der Waals surface area (Å²) in [4.78, 5) is 0. The molecular weight excluding hydrogens is 193 g/mol. The zero-order chi connectivity index (χ0) is 5.54. The fourth-order valence-corrected chi connectivity index (χ4v) is 0.469. The van der Waals surface area contributed by atoms with Crippen LogP contribution >= 0.6 is 28.3 Å². The van der Waals surface area contributed by atoms with Gasteiger partial charge in [0, 0.05) is 11.9 Å². The van der Waals surface area contributed by atoms with E-state index in [-0.39, 0.29) is 12.4 Å². The average Bonchev–Trinajstić information content (AvgIpc) is 1.69. The van der Waals surface area contributed by atoms with Crippen molar-refractivity contribution < 1.29 is 4.74 Å². The Balaban J connectivity index is 0. The monoisotopic (exact) mass is 203 g/mol. The van der Waals surface area contributed by atoms with Gasteiger partial charge in [-0.1, -0.05) is 15.9 Å². The Morgan fingerprint density at radius 2 is 2.00 bits per heavy atom. The summed E-state index contributed by atoms with van der Waals surface area (Å²) in [7, 11) is 0. The second-order valence-electron chi connectivity index (χ2n) is 1.09. The highest BCUT2D eigenvalue weighted by Gasteiger charge is 1.78. The summed E-state index contributed by atoms with van der Waals surface area (Å²) < 4.78 is 4.96. The van der Waals surface area contributed by atoms with Crippen LogP contribution in [0.1, 0.15) is 0 Å². The first-order valence-corrected chi connectivity index (χ1v) is 3.37. The zero-order valence-electron chi connectivity index (χ0n) is 4.60. The molecule has 0 aromatic rings. The maximum absolute atomic E-state index is 5.13. The smallest absolute Gasteiger partial charge is 0.0589 e. The first-order chi connectivity index (χ1) is 3.41. The molecule has 0 bridgehead atoms. The molecule has 0 heterocycles. The predicted molar refractivity (Wildman–Crippen MR) is 40.9 cm³/mol. The topological polar surface area (TPSA) is 35.2 Å². The van der Waals surface area contributed by atoms with Gasteiger partial charge in [0.05, 0.1) is 13.2 Å². The van der Waals surface area contributed by atoms with Crippen LogP contribution in [0.25, 0.3) is 0 Å². The number of hydrogen-bond acceptors (Lipinski definition) is 2. The molecule has 0 fully saturated rings. The summed E-state index contributed by atoms with van der Waals surface area (Å²) in [6.07, 6.45) is 0. The van der Waals surface area contributed by atoms with Gasteiger partial charge in [-0.05, 0) is 0 Å². The molecule has 0 aromatic carbocycles. The van der Waals surface area contributed by atoms with Crippen molar-refractivity contribution in [2.45, 2.75) is 0 Å². The molecule has 0 aliphatic rings. The standard InChI is InChI=1S/C4H10BrNO.ClH/c5-1-3-7-4-2-6;/h1-4,6H2;1H. The lowest BCUT2D eigenvalue weighted by molar-refractivity contribution is 0.158. The molecule has 8 heavy (non-hydrogen) atoms. The van der Waals surface area contributed by atoms with Crippen molar-refractivity contribution in [2.24, 2.45) is 5.73 Å². The van der Waals surface area contributed by atoms with Crippen molar-refractivity contribution in [2.75, 3.05) is 25.1 Å². The van der Waals surface area contributed by atoms with Crippen LogP contribution in [0, 0.1) is 0 Å². The molecule has 0 spiro atoms. The number of rotatable bonds is 4. The van der Waals surface area contributed by atoms with Gasteiger partial charge in [0.15, 0.2) is 0 Å². The van der Waals surface area contributed by atoms with Crippen molar-refractivity contribution in [1.82, 2.24) is 0 Å². The lowest BCUT2D eigenvalue weighted by Gasteiger charge is -1.94. The SMILES string of the molecule is Cl.NCCOCCBr. The fraction of sp³-hybridized carbons (Fsp3) is 1.00. The van der Waals surface area contributed by atoms with E-state index in [1.165, 1.54) is 0 Å². The van der Waals surface area contributed by atoms with Crippen LogP contribution in [-0.4, -0.2) is 25.1 Å². The Labute approximate surface area is 64.3 Å². The van der Waals surface area contributed by atoms with Crippen LogP contribution in [0.2, 0.25) is 0 Å². The summed E-state index contributed by atoms with van der Waals surface area (Å²) in [6.45, 7) is 2.05. The van der Waals surface area contributed by atoms with Crippen LogP contribution in [0.15, 0.2) is 0 Å². The molecule has 0 saturated heterocycles. The predicted octanol–water partition coefficient (Wildman–Crippen LogP) is 0.778. The van der Waals surface area contributed by atoms with E-state index < -0.39 is 0 Å². The summed E-state index contributed by atoms with van der Waals surface area (Å²) in [5, 5.41) is 0.896. The molecule has 0 unspecified atom stereocenters. The highest BCUT2D eigenvalue weighted by atomic mass is 79.9. The van der Waals surface area contributed by atoms with Crippen LogP contribution < -0.4 is 5.73 Å². The lowest BCUT2D eigenvalue weighted by atomic mass is 10.7. The summed E-state index contributed by atoms with van der Waals surface area (Å²) in [5.74, 6) is 0. The minimum Gasteiger partial charge on any atom is -0.379 e. The molecule has 0 saturated carbocycles. The number of nitrogens with two attached hydrogens (primary N) is 1. The van der Waals surface area contributed by atoms with E-state index in [1.54, 1.807) is 0 Å². The van der Waals surface area contributed by atoms with Gasteiger partial charge in [0.25, 0.3) is 0 Å². The molecule has 0 radical (unpaired) electrons. The van der Waals surface area contributed by atoms with E-state index in [9.17, 15) is 0 Å². The Kier molecular flexibility index (Phi) is 15.3. The normalized spacial score (nSPS) is 8.25. The highest BCUT2D eigenvalue weighted by molar-refractivity contribution is 9.09. The largest absolute Gasteiger partial charge is 0.379 e. The third-order valence-electron chi connectivity index (χ3n) is 0.484. The number of ether oxygens (including phenoxy) is 1. The molecule has 2 nitrogen and oxygen atoms in total. The Morgan fingerprint density at radius 1 is 1.38 bits per heavy atom. The third-order valence-corrected chi connectivity index (χ3v) is 0.807. The van der Waals surface area contributed by atoms with Crippen molar-refractivity contribution in [1.29, 1.82) is 0 Å². The van der Waals surface area contributed by atoms with Crippen molar-refractivity contribution in [3.05, 3.63) is 0 Å². The molecular formula is C4H11BrClNO. The Bertz CT molecular complexity index is 35.2. The van der Waals surface area contributed by atoms with Gasteiger partial charge in [0.2, 0.25) is 0 Å². The van der Waals surface area contributed by atoms with E-state index in [2.05, 4.69) is 15.9 Å². The molecule has 0 amide bonds. The number of hydrogen-bond donors (Lipinski definition) is 1. The van der Waals surface area contributed by atoms with E-state index >= 15 is 0 Å². The summed E-state index contributed by atoms with van der Waals surface area (Å²) >= 11 is 3.21. The minimum absolute atomic E-state index is 0. The Hall–Kier alpha value is 0.690. The van der Waals surface area contributed by atoms with Crippen molar-refractivity contribution >= 4 is 28.3 Å². The summed E-state index contributed by atoms with van der Waals surface area (Å²) in [6, 6.07) is 0. The lowest BCUT2D eigenvalue weighted by Crippen LogP contribution is -2.09. The van der Waals surface area contributed by atoms with Crippen LogP contribution in [0.4, 0.5) is 0 Å². The van der Waals surface area contributed by atoms with Gasteiger partial charge in [-0.25, -0.2) is 0 Å². The molecule has 2 N–H and O–H groups in total. The second-order valence-corrected chi connectivity index (χ2v) is 1.88. The first kappa shape index (κ1) is 11.5. The zero-order valence-corrected chi connectivity index (χ0v) is 7.00. The summed E-state index contributed by atoms with van der Waals surface area (Å²) in [5.41, 5.74) is 5.13. The molecule has 52 valence electrons. The van der Waals surface area contributed by atoms with Gasteiger partial charge in [-0.2, -0.15) is 0 Å². The van der Waals surface area contributed by atoms with Crippen molar-refractivity contribution in [3.63, 3.8) is 0 Å². The maximum Gasteiger partial charge on any atom is 0.0589 e. The van der Waals surface area contributed by atoms with E-state index in [1.807, 2.05) is 0 Å². The molecule has 0 aromatic heterocycles. The van der Waals surface area contributed by atoms with E-state index in [0.717, 1.165) is 11.9 Å². The fourth-order valence-electron chi connectivity index (χ4n) is 0.240. The first-order valence-electron chi connectivity index (χ1n) is 2.25. The average molecular weight is 204 g/mol. The van der Waals surface area contributed by atoms with Gasteiger partial charge in [-0.3, -0.25) is 0 Å². The molecule has 0 atom stereocenters. The van der Waals surface area contributed by atoms with Gasteiger partial charge >= 0.3 is 0 Å². The molecule has 0 aliphatic heterocycles. The second kappa shape index (κ2) is 10.6. The maximum atomic E-state index is 5.13. The molecule has 0 rings (SSSR count). The van der Waals surface area contributed by atoms with Gasteiger partial charge < -0.3 is 10.5 Å². The van der Waals surface area contributed by atoms with Gasteiger partial charge in [0.1, 0.15) is 0 Å². The quantitative estimate of drug-likeness (QED) is 0.543. The number of halogens is 2. The van der Waals surface area contributed by atoms with Gasteiger partial charge in [-0.15, -0.1) is 12.4 Å². The van der Waals surface area contributed by atoms with Crippen LogP contribution in [0.5, 0.6) is 0 Å². The Morgan fingerprint density at radius 3 is 2.38 bits per heavy atom. The number of alkyl halides is 1. The minimum atomic E-state index is 0. The third kappa shape index (κ3) is 9.85. The van der Waals surface area contributed by atoms with E-state index in [0.29, 0.717) is 13.2 Å². The highest BCUT2D eigenvalue weighted by Crippen LogP contribution is 1.78. The molecule has 4 heteroatoms. The van der Waals surface area contributed by atoms with Crippen LogP contribution in [-0.2, 0) is 4.74 Å². The molecule has 0 aliphatic carbocycles. The van der Waals surface area contributed by atoms with Crippen molar-refractivity contribution in [3.8, 4) is 0 Å². The van der Waals surface area contributed by atoms with Crippen LogP contribution in [0.3, 0.4) is 0 Å². The van der Waals surface area contributed by atoms with E-state index in [4.69, 9.17) is 10.5 Å².